The van der Waals surface area contributed by atoms with Gasteiger partial charge in [-0.25, -0.2) is 18.7 Å². The molecular formula is C31H34F2N8O4. The van der Waals surface area contributed by atoms with Crippen LogP contribution in [0.25, 0.3) is 11.4 Å². The molecule has 2 N–H and O–H groups in total. The maximum Gasteiger partial charge on any atom is 0.251 e. The minimum absolute atomic E-state index is 0.164. The normalized spacial score (nSPS) is 21.5. The zero-order chi connectivity index (χ0) is 31.5. The summed E-state index contributed by atoms with van der Waals surface area (Å²) in [6, 6.07) is 12.2. The zero-order valence-electron chi connectivity index (χ0n) is 24.8. The number of hydrogen-bond donors (Lipinski definition) is 2. The molecule has 3 aromatic rings. The number of aromatic nitrogens is 3. The number of aliphatic hydroxyl groups is 1. The number of nitrogens with zero attached hydrogens (tertiary/aromatic N) is 7. The molecule has 1 amide bonds. The number of piperidine rings is 1. The minimum atomic E-state index is -1.48. The second-order valence-corrected chi connectivity index (χ2v) is 11.4. The van der Waals surface area contributed by atoms with Crippen LogP contribution in [0.4, 0.5) is 26.1 Å². The van der Waals surface area contributed by atoms with Crippen molar-refractivity contribution in [1.82, 2.24) is 24.8 Å². The highest BCUT2D eigenvalue weighted by atomic mass is 19.1. The van der Waals surface area contributed by atoms with E-state index in [0.29, 0.717) is 23.0 Å². The predicted molar refractivity (Wildman–Crippen MR) is 160 cm³/mol. The molecule has 3 fully saturated rings. The van der Waals surface area contributed by atoms with E-state index in [0.717, 1.165) is 39.4 Å². The lowest BCUT2D eigenvalue weighted by molar-refractivity contribution is -0.143. The summed E-state index contributed by atoms with van der Waals surface area (Å²) in [5.41, 5.74) is 1.69. The van der Waals surface area contributed by atoms with E-state index in [1.54, 1.807) is 30.3 Å². The largest absolute Gasteiger partial charge is 0.486 e. The number of alkyl halides is 1. The minimum Gasteiger partial charge on any atom is -0.486 e. The van der Waals surface area contributed by atoms with Crippen molar-refractivity contribution in [3.8, 4) is 23.2 Å². The highest BCUT2D eigenvalue weighted by Gasteiger charge is 2.34. The van der Waals surface area contributed by atoms with Crippen molar-refractivity contribution in [3.05, 3.63) is 54.1 Å². The average Bonchev–Trinajstić information content (AvgIpc) is 3.01. The first-order chi connectivity index (χ1) is 21.8. The number of aliphatic hydroxyl groups excluding tert-OH is 1. The number of carbonyl (C=O) groups excluding carboxylic acids is 1. The maximum atomic E-state index is 15.2. The molecule has 14 heteroatoms. The van der Waals surface area contributed by atoms with Gasteiger partial charge in [0.1, 0.15) is 36.2 Å². The fourth-order valence-electron chi connectivity index (χ4n) is 5.73. The van der Waals surface area contributed by atoms with Gasteiger partial charge in [0.15, 0.2) is 12.0 Å². The molecule has 0 spiro atoms. The molecule has 2 aromatic carbocycles. The third-order valence-electron chi connectivity index (χ3n) is 8.35. The fraction of sp³-hybridized carbons (Fsp3) is 0.452. The van der Waals surface area contributed by atoms with Gasteiger partial charge in [0.05, 0.1) is 37.1 Å². The zero-order valence-corrected chi connectivity index (χ0v) is 24.8. The summed E-state index contributed by atoms with van der Waals surface area (Å²) < 4.78 is 41.2. The van der Waals surface area contributed by atoms with Gasteiger partial charge in [0, 0.05) is 50.4 Å². The van der Waals surface area contributed by atoms with Gasteiger partial charge in [-0.1, -0.05) is 0 Å². The smallest absolute Gasteiger partial charge is 0.251 e. The van der Waals surface area contributed by atoms with Crippen molar-refractivity contribution >= 4 is 23.2 Å². The molecule has 1 aromatic heterocycles. The molecule has 0 radical (unpaired) electrons. The Morgan fingerprint density at radius 1 is 1.16 bits per heavy atom. The number of rotatable bonds is 8. The summed E-state index contributed by atoms with van der Waals surface area (Å²) >= 11 is 0. The van der Waals surface area contributed by atoms with Crippen LogP contribution in [0.2, 0.25) is 0 Å². The van der Waals surface area contributed by atoms with Gasteiger partial charge in [0.25, 0.3) is 5.91 Å². The molecule has 236 valence electrons. The molecule has 0 aliphatic carbocycles. The van der Waals surface area contributed by atoms with E-state index in [1.807, 2.05) is 4.90 Å². The first-order valence-electron chi connectivity index (χ1n) is 14.9. The Balaban J connectivity index is 1.09. The van der Waals surface area contributed by atoms with Crippen molar-refractivity contribution in [2.45, 2.75) is 37.8 Å². The van der Waals surface area contributed by atoms with Gasteiger partial charge in [-0.3, -0.25) is 9.69 Å². The number of halogens is 2. The quantitative estimate of drug-likeness (QED) is 0.384. The summed E-state index contributed by atoms with van der Waals surface area (Å²) in [7, 11) is 0. The van der Waals surface area contributed by atoms with E-state index < -0.39 is 24.3 Å². The number of amides is 1. The molecule has 12 nitrogen and oxygen atoms in total. The molecule has 3 saturated heterocycles. The molecule has 4 heterocycles. The summed E-state index contributed by atoms with van der Waals surface area (Å²) in [6.07, 6.45) is -2.02. The van der Waals surface area contributed by atoms with Crippen LogP contribution >= 0.6 is 0 Å². The van der Waals surface area contributed by atoms with Crippen LogP contribution in [-0.2, 0) is 9.53 Å². The van der Waals surface area contributed by atoms with E-state index in [-0.39, 0.29) is 48.4 Å². The van der Waals surface area contributed by atoms with E-state index in [4.69, 9.17) is 9.47 Å². The van der Waals surface area contributed by atoms with Crippen LogP contribution in [0, 0.1) is 17.1 Å². The monoisotopic (exact) mass is 620 g/mol. The predicted octanol–water partition coefficient (Wildman–Crippen LogP) is 2.51. The molecule has 3 aliphatic heterocycles. The fourth-order valence-corrected chi connectivity index (χ4v) is 5.73. The summed E-state index contributed by atoms with van der Waals surface area (Å²) in [6.45, 7) is 6.13. The lowest BCUT2D eigenvalue weighted by atomic mass is 10.0. The van der Waals surface area contributed by atoms with Crippen LogP contribution in [0.15, 0.2) is 42.7 Å². The van der Waals surface area contributed by atoms with Gasteiger partial charge in [-0.15, -0.1) is 0 Å². The lowest BCUT2D eigenvalue weighted by Gasteiger charge is -2.43. The van der Waals surface area contributed by atoms with E-state index in [2.05, 4.69) is 31.2 Å². The Hall–Kier alpha value is -4.45. The standard InChI is InChI=1S/C31H34F2N8O4/c1-19(42)30(43)41-7-6-28(25(33)15-41)45-27-5-2-20(12-21(27)14-34)29-35-18-36-31(38-29)37-22-3-4-26(24(32)13-22)40-10-8-39(9-11-40)23-16-44-17-23/h2-5,12-13,18-19,23,25,28,42H,6-11,15-17H2,1H3,(H,35,36,37,38)/t19-,25-,28-/m0/s1. The highest BCUT2D eigenvalue weighted by molar-refractivity contribution is 5.80. The number of ether oxygens (including phenoxy) is 2. The van der Waals surface area contributed by atoms with Gasteiger partial charge in [-0.05, 0) is 43.3 Å². The van der Waals surface area contributed by atoms with Crippen LogP contribution < -0.4 is 15.0 Å². The van der Waals surface area contributed by atoms with Crippen LogP contribution in [0.5, 0.6) is 5.75 Å². The topological polar surface area (TPSA) is 140 Å². The lowest BCUT2D eigenvalue weighted by Crippen LogP contribution is -2.56. The second-order valence-electron chi connectivity index (χ2n) is 11.4. The van der Waals surface area contributed by atoms with Crippen molar-refractivity contribution in [2.24, 2.45) is 0 Å². The average molecular weight is 621 g/mol. The van der Waals surface area contributed by atoms with Gasteiger partial charge in [-0.2, -0.15) is 10.2 Å². The number of likely N-dealkylation sites (tertiary alicyclic amines) is 1. The molecule has 0 unspecified atom stereocenters. The van der Waals surface area contributed by atoms with Crippen molar-refractivity contribution in [2.75, 3.05) is 62.7 Å². The van der Waals surface area contributed by atoms with Gasteiger partial charge >= 0.3 is 0 Å². The Bertz CT molecular complexity index is 1580. The van der Waals surface area contributed by atoms with Gasteiger partial charge < -0.3 is 29.7 Å². The number of carbonyl (C=O) groups is 1. The maximum absolute atomic E-state index is 15.2. The summed E-state index contributed by atoms with van der Waals surface area (Å²) in [5, 5.41) is 22.3. The number of nitrogens with one attached hydrogen (secondary N) is 1. The highest BCUT2D eigenvalue weighted by Crippen LogP contribution is 2.30. The molecule has 3 atom stereocenters. The SMILES string of the molecule is C[C@H](O)C(=O)N1CC[C@H](Oc2ccc(-c3ncnc(Nc4ccc(N5CCN(C6COC6)CC5)c(F)c4)n3)cc2C#N)[C@@H](F)C1. The van der Waals surface area contributed by atoms with Crippen LogP contribution in [-0.4, -0.2) is 113 Å². The number of hydrogen-bond acceptors (Lipinski definition) is 11. The Morgan fingerprint density at radius 2 is 1.96 bits per heavy atom. The Morgan fingerprint density at radius 3 is 2.62 bits per heavy atom. The molecule has 0 saturated carbocycles. The summed E-state index contributed by atoms with van der Waals surface area (Å²) in [5.74, 6) is -0.210. The van der Waals surface area contributed by atoms with E-state index in [9.17, 15) is 19.6 Å². The number of piperazine rings is 1. The third kappa shape index (κ3) is 6.80. The Labute approximate surface area is 259 Å². The molecule has 6 rings (SSSR count). The van der Waals surface area contributed by atoms with Gasteiger partial charge in [0.2, 0.25) is 5.95 Å². The first-order valence-corrected chi connectivity index (χ1v) is 14.9. The van der Waals surface area contributed by atoms with Crippen molar-refractivity contribution in [3.63, 3.8) is 0 Å². The number of nitriles is 1. The van der Waals surface area contributed by atoms with Crippen LogP contribution in [0.3, 0.4) is 0 Å². The molecular weight excluding hydrogens is 586 g/mol. The van der Waals surface area contributed by atoms with E-state index in [1.165, 1.54) is 24.2 Å². The Kier molecular flexibility index (Phi) is 9.02. The van der Waals surface area contributed by atoms with Crippen molar-refractivity contribution in [1.29, 1.82) is 5.26 Å². The number of anilines is 3. The third-order valence-corrected chi connectivity index (χ3v) is 8.35. The molecule has 45 heavy (non-hydrogen) atoms. The first kappa shape index (κ1) is 30.6. The summed E-state index contributed by atoms with van der Waals surface area (Å²) in [4.78, 5) is 30.5. The second kappa shape index (κ2) is 13.3. The van der Waals surface area contributed by atoms with Crippen LogP contribution in [0.1, 0.15) is 18.9 Å². The molecule has 0 bridgehead atoms. The molecule has 3 aliphatic rings. The van der Waals surface area contributed by atoms with Crippen molar-refractivity contribution < 1.29 is 28.2 Å². The van der Waals surface area contributed by atoms with E-state index >= 15 is 4.39 Å². The number of benzene rings is 2.